The molecule has 5 unspecified atom stereocenters. The highest BCUT2D eigenvalue weighted by molar-refractivity contribution is 7.29. The van der Waals surface area contributed by atoms with Gasteiger partial charge in [0.15, 0.2) is 0 Å². The average molecular weight is 465 g/mol. The van der Waals surface area contributed by atoms with Crippen LogP contribution in [-0.4, -0.2) is 23.1 Å². The van der Waals surface area contributed by atoms with E-state index in [-0.39, 0.29) is 29.1 Å². The van der Waals surface area contributed by atoms with Crippen LogP contribution in [-0.2, 0) is 24.6 Å². The quantitative estimate of drug-likeness (QED) is 0.364. The molecular weight excluding hydrogens is 452 g/mol. The Hall–Kier alpha value is -3.22. The Morgan fingerprint density at radius 1 is 0.606 bits per heavy atom. The van der Waals surface area contributed by atoms with Gasteiger partial charge in [-0.1, -0.05) is 48.5 Å². The number of ketones is 4. The van der Waals surface area contributed by atoms with E-state index >= 15 is 0 Å². The predicted octanol–water partition coefficient (Wildman–Crippen LogP) is 4.32. The van der Waals surface area contributed by atoms with Gasteiger partial charge in [-0.3, -0.25) is 19.2 Å². The van der Waals surface area contributed by atoms with Crippen molar-refractivity contribution in [2.45, 2.75) is 29.1 Å². The van der Waals surface area contributed by atoms with Crippen molar-refractivity contribution >= 4 is 55.2 Å². The number of benzene rings is 2. The molecule has 6 aliphatic rings. The van der Waals surface area contributed by atoms with Gasteiger partial charge in [0.05, 0.1) is 27.9 Å². The first-order chi connectivity index (χ1) is 16.1. The summed E-state index contributed by atoms with van der Waals surface area (Å²) in [6.45, 7) is 0. The van der Waals surface area contributed by atoms with Crippen LogP contribution >= 0.6 is 22.7 Å². The van der Waals surface area contributed by atoms with E-state index in [9.17, 15) is 19.2 Å². The summed E-state index contributed by atoms with van der Waals surface area (Å²) in [6.07, 6.45) is 0. The van der Waals surface area contributed by atoms with Gasteiger partial charge in [0.1, 0.15) is 0 Å². The molecule has 6 heteroatoms. The van der Waals surface area contributed by atoms with Gasteiger partial charge in [-0.05, 0) is 27.8 Å². The number of hydrogen-bond acceptors (Lipinski definition) is 6. The van der Waals surface area contributed by atoms with Gasteiger partial charge >= 0.3 is 0 Å². The Kier molecular flexibility index (Phi) is 2.61. The standard InChI is InChI=1S/C27H12O4S2/c28-19-13-9-5-1-2-6-10(9)14(20(19)29)22-15(13)24-25(32-22)16-17-11-7-3-4-8-12(11)27(17)18(23(16)33-24)21(30)26(27)31/h1-8,13-14,17-18H. The molecule has 0 saturated heterocycles. The minimum absolute atomic E-state index is 0.0980. The van der Waals surface area contributed by atoms with E-state index in [0.29, 0.717) is 0 Å². The van der Waals surface area contributed by atoms with E-state index < -0.39 is 23.2 Å². The first kappa shape index (κ1) is 17.3. The molecule has 1 spiro atoms. The Labute approximate surface area is 194 Å². The molecule has 4 aromatic rings. The summed E-state index contributed by atoms with van der Waals surface area (Å²) >= 11 is 3.19. The van der Waals surface area contributed by atoms with Crippen LogP contribution < -0.4 is 0 Å². The van der Waals surface area contributed by atoms with Crippen molar-refractivity contribution in [3.05, 3.63) is 91.7 Å². The maximum Gasteiger partial charge on any atom is 0.212 e. The highest BCUT2D eigenvalue weighted by Crippen LogP contribution is 2.75. The van der Waals surface area contributed by atoms with Crippen molar-refractivity contribution in [2.75, 3.05) is 0 Å². The summed E-state index contributed by atoms with van der Waals surface area (Å²) in [5.74, 6) is -2.76. The molecule has 156 valence electrons. The predicted molar refractivity (Wildman–Crippen MR) is 123 cm³/mol. The van der Waals surface area contributed by atoms with E-state index in [1.54, 1.807) is 22.7 Å². The van der Waals surface area contributed by atoms with E-state index in [2.05, 4.69) is 6.07 Å². The third kappa shape index (κ3) is 1.46. The molecule has 33 heavy (non-hydrogen) atoms. The summed E-state index contributed by atoms with van der Waals surface area (Å²) < 4.78 is 2.11. The van der Waals surface area contributed by atoms with Crippen LogP contribution in [0, 0.1) is 0 Å². The first-order valence-corrected chi connectivity index (χ1v) is 12.6. The Morgan fingerprint density at radius 3 is 2.00 bits per heavy atom. The van der Waals surface area contributed by atoms with Crippen molar-refractivity contribution in [3.63, 3.8) is 0 Å². The molecule has 1 saturated carbocycles. The van der Waals surface area contributed by atoms with Gasteiger partial charge in [-0.15, -0.1) is 22.7 Å². The number of thiophene rings is 2. The molecular formula is C27H12O4S2. The fourth-order valence-corrected chi connectivity index (χ4v) is 10.8. The largest absolute Gasteiger partial charge is 0.290 e. The van der Waals surface area contributed by atoms with Crippen molar-refractivity contribution in [1.82, 2.24) is 0 Å². The maximum atomic E-state index is 13.1. The first-order valence-electron chi connectivity index (χ1n) is 11.0. The third-order valence-corrected chi connectivity index (χ3v) is 11.4. The maximum absolute atomic E-state index is 13.1. The number of carbonyl (C=O) groups excluding carboxylic acids is 4. The van der Waals surface area contributed by atoms with E-state index in [0.717, 1.165) is 52.5 Å². The Bertz CT molecular complexity index is 1740. The number of carbonyl (C=O) groups is 4. The highest BCUT2D eigenvalue weighted by atomic mass is 32.1. The molecule has 2 bridgehead atoms. The van der Waals surface area contributed by atoms with Gasteiger partial charge in [0, 0.05) is 25.9 Å². The molecule has 4 nitrogen and oxygen atoms in total. The smallest absolute Gasteiger partial charge is 0.212 e. The van der Waals surface area contributed by atoms with Gasteiger partial charge in [0.25, 0.3) is 0 Å². The minimum atomic E-state index is -0.721. The zero-order valence-corrected chi connectivity index (χ0v) is 18.5. The topological polar surface area (TPSA) is 68.3 Å². The van der Waals surface area contributed by atoms with Crippen molar-refractivity contribution in [2.24, 2.45) is 0 Å². The van der Waals surface area contributed by atoms with E-state index in [1.165, 1.54) is 0 Å². The lowest BCUT2D eigenvalue weighted by Gasteiger charge is -2.54. The van der Waals surface area contributed by atoms with E-state index in [1.807, 2.05) is 42.5 Å². The second-order valence-electron chi connectivity index (χ2n) is 9.66. The second kappa shape index (κ2) is 4.98. The molecule has 10 rings (SSSR count). The van der Waals surface area contributed by atoms with Crippen LogP contribution in [0.4, 0.5) is 0 Å². The molecule has 2 aromatic carbocycles. The lowest BCUT2D eigenvalue weighted by atomic mass is 9.44. The van der Waals surface area contributed by atoms with Gasteiger partial charge < -0.3 is 0 Å². The van der Waals surface area contributed by atoms with Gasteiger partial charge in [-0.25, -0.2) is 0 Å². The van der Waals surface area contributed by atoms with E-state index in [4.69, 9.17) is 0 Å². The number of fused-ring (bicyclic) bond motifs is 8. The SMILES string of the molecule is O=C1C(=O)C2c3ccccc3C1c1sc3c4c(sc3c12)C1C(=O)C(=O)C12c1ccccc1C42. The van der Waals surface area contributed by atoms with Crippen LogP contribution in [0.25, 0.3) is 9.40 Å². The minimum Gasteiger partial charge on any atom is -0.290 e. The normalized spacial score (nSPS) is 31.4. The van der Waals surface area contributed by atoms with Crippen molar-refractivity contribution < 1.29 is 19.2 Å². The van der Waals surface area contributed by atoms with Crippen LogP contribution in [0.5, 0.6) is 0 Å². The Balaban J connectivity index is 1.37. The molecule has 5 atom stereocenters. The lowest BCUT2D eigenvalue weighted by molar-refractivity contribution is -0.152. The van der Waals surface area contributed by atoms with Crippen LogP contribution in [0.15, 0.2) is 48.5 Å². The number of hydrogen-bond donors (Lipinski definition) is 0. The summed E-state index contributed by atoms with van der Waals surface area (Å²) in [6, 6.07) is 15.8. The van der Waals surface area contributed by atoms with Crippen LogP contribution in [0.3, 0.4) is 0 Å². The fraction of sp³-hybridized carbons (Fsp3) is 0.185. The molecule has 2 aromatic heterocycles. The van der Waals surface area contributed by atoms with Crippen molar-refractivity contribution in [1.29, 1.82) is 0 Å². The summed E-state index contributed by atoms with van der Waals surface area (Å²) in [4.78, 5) is 53.9. The summed E-state index contributed by atoms with van der Waals surface area (Å²) in [7, 11) is 0. The number of rotatable bonds is 0. The third-order valence-electron chi connectivity index (χ3n) is 8.63. The zero-order chi connectivity index (χ0) is 22.0. The molecule has 0 N–H and O–H groups in total. The van der Waals surface area contributed by atoms with Gasteiger partial charge in [-0.2, -0.15) is 0 Å². The fourth-order valence-electron chi connectivity index (χ4n) is 7.46. The molecule has 2 heterocycles. The molecule has 0 amide bonds. The van der Waals surface area contributed by atoms with Crippen LogP contribution in [0.2, 0.25) is 0 Å². The van der Waals surface area contributed by atoms with Crippen molar-refractivity contribution in [3.8, 4) is 0 Å². The average Bonchev–Trinajstić information content (AvgIpc) is 3.42. The molecule has 1 fully saturated rings. The highest BCUT2D eigenvalue weighted by Gasteiger charge is 2.77. The number of Topliss-reactive ketones (excluding diaryl/α,β-unsaturated/α-hetero) is 4. The molecule has 0 aliphatic heterocycles. The van der Waals surface area contributed by atoms with Crippen LogP contribution in [0.1, 0.15) is 66.8 Å². The zero-order valence-electron chi connectivity index (χ0n) is 16.9. The second-order valence-corrected chi connectivity index (χ2v) is 11.8. The monoisotopic (exact) mass is 464 g/mol. The summed E-state index contributed by atoms with van der Waals surface area (Å²) in [5.41, 5.74) is 5.36. The summed E-state index contributed by atoms with van der Waals surface area (Å²) in [5, 5.41) is 0. The Morgan fingerprint density at radius 2 is 1.21 bits per heavy atom. The van der Waals surface area contributed by atoms with Gasteiger partial charge in [0.2, 0.25) is 23.1 Å². The molecule has 6 aliphatic carbocycles. The molecule has 0 radical (unpaired) electrons. The lowest BCUT2D eigenvalue weighted by Crippen LogP contribution is -2.64.